The number of amides is 1. The van der Waals surface area contributed by atoms with Crippen LogP contribution in [0.4, 0.5) is 0 Å². The van der Waals surface area contributed by atoms with E-state index in [2.05, 4.69) is 6.58 Å². The third-order valence-electron chi connectivity index (χ3n) is 2.21. The Bertz CT molecular complexity index is 199. The number of piperidine rings is 1. The highest BCUT2D eigenvalue weighted by Crippen LogP contribution is 2.17. The van der Waals surface area contributed by atoms with Gasteiger partial charge in [-0.2, -0.15) is 0 Å². The lowest BCUT2D eigenvalue weighted by Crippen LogP contribution is -2.53. The van der Waals surface area contributed by atoms with Crippen molar-refractivity contribution in [1.29, 1.82) is 0 Å². The van der Waals surface area contributed by atoms with Crippen molar-refractivity contribution >= 4 is 5.91 Å². The van der Waals surface area contributed by atoms with Crippen LogP contribution in [0, 0.1) is 0 Å². The van der Waals surface area contributed by atoms with Gasteiger partial charge < -0.3 is 10.6 Å². The molecule has 2 N–H and O–H groups in total. The molecule has 1 saturated heterocycles. The van der Waals surface area contributed by atoms with Gasteiger partial charge in [0.15, 0.2) is 0 Å². The Morgan fingerprint density at radius 3 is 2.92 bits per heavy atom. The van der Waals surface area contributed by atoms with Gasteiger partial charge in [-0.05, 0) is 25.8 Å². The third kappa shape index (κ3) is 2.08. The molecule has 68 valence electrons. The van der Waals surface area contributed by atoms with Gasteiger partial charge in [0, 0.05) is 18.6 Å². The van der Waals surface area contributed by atoms with E-state index in [4.69, 9.17) is 5.73 Å². The summed E-state index contributed by atoms with van der Waals surface area (Å²) < 4.78 is 0. The van der Waals surface area contributed by atoms with Crippen molar-refractivity contribution in [1.82, 2.24) is 4.90 Å². The van der Waals surface area contributed by atoms with E-state index in [0.717, 1.165) is 19.4 Å². The summed E-state index contributed by atoms with van der Waals surface area (Å²) in [4.78, 5) is 13.0. The second-order valence-corrected chi connectivity index (χ2v) is 3.72. The Balaban J connectivity index is 2.57. The highest BCUT2D eigenvalue weighted by atomic mass is 16.2. The van der Waals surface area contributed by atoms with E-state index >= 15 is 0 Å². The van der Waals surface area contributed by atoms with Crippen LogP contribution in [0.15, 0.2) is 12.7 Å². The summed E-state index contributed by atoms with van der Waals surface area (Å²) in [5, 5.41) is 0. The first-order valence-corrected chi connectivity index (χ1v) is 4.25. The van der Waals surface area contributed by atoms with Crippen LogP contribution in [0.25, 0.3) is 0 Å². The maximum atomic E-state index is 11.2. The zero-order valence-electron chi connectivity index (χ0n) is 7.55. The van der Waals surface area contributed by atoms with Crippen molar-refractivity contribution in [3.8, 4) is 0 Å². The molecular formula is C9H16N2O. The monoisotopic (exact) mass is 168 g/mol. The van der Waals surface area contributed by atoms with Crippen molar-refractivity contribution in [2.45, 2.75) is 25.3 Å². The predicted molar refractivity (Wildman–Crippen MR) is 48.6 cm³/mol. The molecule has 0 aromatic rings. The summed E-state index contributed by atoms with van der Waals surface area (Å²) in [6.07, 6.45) is 3.34. The molecule has 0 bridgehead atoms. The summed E-state index contributed by atoms with van der Waals surface area (Å²) in [6.45, 7) is 6.90. The van der Waals surface area contributed by atoms with Crippen LogP contribution in [-0.4, -0.2) is 29.4 Å². The number of hydrogen-bond donors (Lipinski definition) is 1. The summed E-state index contributed by atoms with van der Waals surface area (Å²) in [5.41, 5.74) is 5.72. The van der Waals surface area contributed by atoms with Gasteiger partial charge in [0.05, 0.1) is 0 Å². The predicted octanol–water partition coefficient (Wildman–Crippen LogP) is 0.512. The van der Waals surface area contributed by atoms with Crippen LogP contribution in [0.5, 0.6) is 0 Å². The molecule has 0 aliphatic carbocycles. The number of likely N-dealkylation sites (tertiary alicyclic amines) is 1. The Kier molecular flexibility index (Phi) is 2.52. The summed E-state index contributed by atoms with van der Waals surface area (Å²) >= 11 is 0. The van der Waals surface area contributed by atoms with Gasteiger partial charge in [-0.15, -0.1) is 0 Å². The van der Waals surface area contributed by atoms with Gasteiger partial charge in [-0.25, -0.2) is 0 Å². The van der Waals surface area contributed by atoms with Gasteiger partial charge >= 0.3 is 0 Å². The molecule has 3 nitrogen and oxygen atoms in total. The number of carbonyl (C=O) groups is 1. The molecule has 0 saturated carbocycles. The topological polar surface area (TPSA) is 46.3 Å². The van der Waals surface area contributed by atoms with Crippen molar-refractivity contribution in [3.05, 3.63) is 12.7 Å². The fourth-order valence-corrected chi connectivity index (χ4v) is 1.59. The van der Waals surface area contributed by atoms with Crippen LogP contribution in [0.1, 0.15) is 19.8 Å². The fraction of sp³-hybridized carbons (Fsp3) is 0.667. The maximum absolute atomic E-state index is 11.2. The molecule has 3 heteroatoms. The largest absolute Gasteiger partial charge is 0.337 e. The van der Waals surface area contributed by atoms with Crippen LogP contribution >= 0.6 is 0 Å². The molecule has 1 aliphatic rings. The highest BCUT2D eigenvalue weighted by Gasteiger charge is 2.28. The smallest absolute Gasteiger partial charge is 0.246 e. The third-order valence-corrected chi connectivity index (χ3v) is 2.21. The van der Waals surface area contributed by atoms with E-state index in [-0.39, 0.29) is 11.4 Å². The molecule has 1 atom stereocenters. The molecule has 0 unspecified atom stereocenters. The van der Waals surface area contributed by atoms with E-state index in [1.54, 1.807) is 4.90 Å². The molecule has 12 heavy (non-hydrogen) atoms. The normalized spacial score (nSPS) is 30.0. The molecule has 0 radical (unpaired) electrons. The van der Waals surface area contributed by atoms with Gasteiger partial charge in [-0.1, -0.05) is 6.58 Å². The minimum atomic E-state index is -0.211. The molecule has 0 spiro atoms. The second kappa shape index (κ2) is 3.27. The number of hydrogen-bond acceptors (Lipinski definition) is 2. The van der Waals surface area contributed by atoms with Crippen LogP contribution in [-0.2, 0) is 4.79 Å². The number of nitrogens with two attached hydrogens (primary N) is 1. The molecule has 1 heterocycles. The Morgan fingerprint density at radius 2 is 2.42 bits per heavy atom. The van der Waals surface area contributed by atoms with Crippen molar-refractivity contribution in [2.24, 2.45) is 5.73 Å². The SMILES string of the molecule is C=CC(=O)N1CCC[C@](C)(N)C1. The lowest BCUT2D eigenvalue weighted by molar-refractivity contribution is -0.127. The first kappa shape index (κ1) is 9.26. The average Bonchev–Trinajstić information content (AvgIpc) is 2.01. The van der Waals surface area contributed by atoms with E-state index in [1.807, 2.05) is 6.92 Å². The molecular weight excluding hydrogens is 152 g/mol. The fourth-order valence-electron chi connectivity index (χ4n) is 1.59. The quantitative estimate of drug-likeness (QED) is 0.580. The number of rotatable bonds is 1. The van der Waals surface area contributed by atoms with Crippen molar-refractivity contribution in [2.75, 3.05) is 13.1 Å². The Labute approximate surface area is 73.2 Å². The number of nitrogens with zero attached hydrogens (tertiary/aromatic N) is 1. The summed E-state index contributed by atoms with van der Waals surface area (Å²) in [7, 11) is 0. The highest BCUT2D eigenvalue weighted by molar-refractivity contribution is 5.87. The molecule has 0 aromatic heterocycles. The van der Waals surface area contributed by atoms with Crippen LogP contribution < -0.4 is 5.73 Å². The van der Waals surface area contributed by atoms with Crippen LogP contribution in [0.3, 0.4) is 0 Å². The molecule has 1 fully saturated rings. The van der Waals surface area contributed by atoms with Gasteiger partial charge in [0.1, 0.15) is 0 Å². The molecule has 1 amide bonds. The zero-order chi connectivity index (χ0) is 9.19. The molecule has 0 aromatic carbocycles. The van der Waals surface area contributed by atoms with Crippen LogP contribution in [0.2, 0.25) is 0 Å². The minimum absolute atomic E-state index is 0.00799. The maximum Gasteiger partial charge on any atom is 0.246 e. The van der Waals surface area contributed by atoms with E-state index in [0.29, 0.717) is 6.54 Å². The lowest BCUT2D eigenvalue weighted by Gasteiger charge is -2.37. The summed E-state index contributed by atoms with van der Waals surface area (Å²) in [6, 6.07) is 0. The zero-order valence-corrected chi connectivity index (χ0v) is 7.55. The van der Waals surface area contributed by atoms with E-state index in [9.17, 15) is 4.79 Å². The first-order chi connectivity index (χ1) is 5.55. The minimum Gasteiger partial charge on any atom is -0.337 e. The standard InChI is InChI=1S/C9H16N2O/c1-3-8(12)11-6-4-5-9(2,10)7-11/h3H,1,4-7,10H2,2H3/t9-/m0/s1. The van der Waals surface area contributed by atoms with E-state index < -0.39 is 0 Å². The molecule has 1 rings (SSSR count). The van der Waals surface area contributed by atoms with E-state index in [1.165, 1.54) is 6.08 Å². The van der Waals surface area contributed by atoms with Crippen molar-refractivity contribution < 1.29 is 4.79 Å². The van der Waals surface area contributed by atoms with Gasteiger partial charge in [-0.3, -0.25) is 4.79 Å². The van der Waals surface area contributed by atoms with Gasteiger partial charge in [0.25, 0.3) is 0 Å². The second-order valence-electron chi connectivity index (χ2n) is 3.72. The van der Waals surface area contributed by atoms with Crippen molar-refractivity contribution in [3.63, 3.8) is 0 Å². The lowest BCUT2D eigenvalue weighted by atomic mass is 9.92. The number of carbonyl (C=O) groups excluding carboxylic acids is 1. The first-order valence-electron chi connectivity index (χ1n) is 4.25. The van der Waals surface area contributed by atoms with Gasteiger partial charge in [0.2, 0.25) is 5.91 Å². The Hall–Kier alpha value is -0.830. The summed E-state index contributed by atoms with van der Waals surface area (Å²) in [5.74, 6) is -0.00799. The molecule has 1 aliphatic heterocycles. The Morgan fingerprint density at radius 1 is 1.75 bits per heavy atom. The average molecular weight is 168 g/mol.